The number of fused-ring (bicyclic) bond motifs is 1. The molecule has 2 aromatic heterocycles. The van der Waals surface area contributed by atoms with Gasteiger partial charge in [0, 0.05) is 0 Å². The van der Waals surface area contributed by atoms with E-state index in [1.165, 1.54) is 0 Å². The number of hydrogen-bond acceptors (Lipinski definition) is 9. The van der Waals surface area contributed by atoms with Gasteiger partial charge in [0.1, 0.15) is 24.1 Å². The molecule has 0 amide bonds. The molecule has 262 valence electrons. The molecule has 2 N–H and O–H groups in total. The number of benzene rings is 1. The van der Waals surface area contributed by atoms with E-state index in [1.807, 2.05) is 34.9 Å². The highest BCUT2D eigenvalue weighted by molar-refractivity contribution is 6.75. The number of nitrogen functional groups attached to an aromatic ring is 1. The van der Waals surface area contributed by atoms with E-state index < -0.39 is 37.3 Å². The molecule has 0 bridgehead atoms. The SMILES string of the molecule is CC(C)(C)[Si](C)(C)OC[C@H]1O[C@@H](n2cnc3c(Oc4ccccc4)nc(N)nc32)[C@H](O[Si](C)(C)C(C)(C)C)[C@@H]1O[Si](C)(C)C(C)(C)C. The van der Waals surface area contributed by atoms with E-state index in [-0.39, 0.29) is 39.2 Å². The standard InChI is InChI=1S/C34H59N5O5Si3/c1-32(2,3)45(10,11)40-21-24-26(43-46(12,13)33(4,5)6)27(44-47(14,15)34(7,8)9)30(42-24)39-22-36-25-28(39)37-31(35)38-29(25)41-23-19-17-16-18-20-23/h16-20,22,24,26-27,30H,21H2,1-15H3,(H2,35,37,38)/t24-,26-,27-,30-/m1/s1. The van der Waals surface area contributed by atoms with Crippen LogP contribution in [0.4, 0.5) is 5.95 Å². The average Bonchev–Trinajstić information content (AvgIpc) is 3.47. The smallest absolute Gasteiger partial charge is 0.252 e. The second kappa shape index (κ2) is 13.0. The molecule has 4 atom stereocenters. The minimum absolute atomic E-state index is 0.0233. The second-order valence-electron chi connectivity index (χ2n) is 17.4. The zero-order chi connectivity index (χ0) is 35.4. The van der Waals surface area contributed by atoms with E-state index in [1.54, 1.807) is 6.33 Å². The Morgan fingerprint density at radius 3 is 1.83 bits per heavy atom. The number of hydrogen-bond donors (Lipinski definition) is 1. The molecular weight excluding hydrogens is 643 g/mol. The molecule has 1 saturated heterocycles. The molecule has 3 heterocycles. The van der Waals surface area contributed by atoms with Gasteiger partial charge in [-0.2, -0.15) is 9.97 Å². The first kappa shape index (κ1) is 37.7. The number of ether oxygens (including phenoxy) is 2. The Labute approximate surface area is 285 Å². The fraction of sp³-hybridized carbons (Fsp3) is 0.676. The summed E-state index contributed by atoms with van der Waals surface area (Å²) in [7, 11) is -6.74. The first-order valence-corrected chi connectivity index (χ1v) is 25.5. The van der Waals surface area contributed by atoms with Crippen LogP contribution in [0.25, 0.3) is 11.2 Å². The van der Waals surface area contributed by atoms with Crippen molar-refractivity contribution in [2.24, 2.45) is 0 Å². The fourth-order valence-electron chi connectivity index (χ4n) is 4.64. The van der Waals surface area contributed by atoms with Gasteiger partial charge in [-0.05, 0) is 66.5 Å². The normalized spacial score (nSPS) is 21.9. The van der Waals surface area contributed by atoms with Crippen LogP contribution in [0.1, 0.15) is 68.5 Å². The maximum Gasteiger partial charge on any atom is 0.252 e. The summed E-state index contributed by atoms with van der Waals surface area (Å²) in [5, 5.41) is -0.0262. The van der Waals surface area contributed by atoms with E-state index in [4.69, 9.17) is 33.5 Å². The van der Waals surface area contributed by atoms with Crippen molar-refractivity contribution in [2.45, 2.75) is 141 Å². The molecule has 0 spiro atoms. The summed E-state index contributed by atoms with van der Waals surface area (Å²) in [5.41, 5.74) is 7.27. The molecule has 10 nitrogen and oxygen atoms in total. The Kier molecular flexibility index (Phi) is 10.4. The van der Waals surface area contributed by atoms with Gasteiger partial charge in [-0.1, -0.05) is 80.5 Å². The number of nitrogens with zero attached hydrogens (tertiary/aromatic N) is 4. The lowest BCUT2D eigenvalue weighted by atomic mass is 10.1. The highest BCUT2D eigenvalue weighted by Gasteiger charge is 2.55. The van der Waals surface area contributed by atoms with E-state index in [2.05, 4.69) is 112 Å². The van der Waals surface area contributed by atoms with Crippen LogP contribution in [-0.4, -0.2) is 69.4 Å². The Morgan fingerprint density at radius 1 is 0.766 bits per heavy atom. The monoisotopic (exact) mass is 701 g/mol. The van der Waals surface area contributed by atoms with Crippen LogP contribution in [-0.2, 0) is 18.0 Å². The summed E-state index contributed by atoms with van der Waals surface area (Å²) in [4.78, 5) is 13.8. The van der Waals surface area contributed by atoms with E-state index >= 15 is 0 Å². The quantitative estimate of drug-likeness (QED) is 0.207. The highest BCUT2D eigenvalue weighted by Crippen LogP contribution is 2.47. The third kappa shape index (κ3) is 8.03. The molecule has 1 aliphatic heterocycles. The summed E-state index contributed by atoms with van der Waals surface area (Å²) in [6.07, 6.45) is -0.0869. The van der Waals surface area contributed by atoms with E-state index in [0.29, 0.717) is 23.5 Å². The Balaban J connectivity index is 1.86. The minimum atomic E-state index is -2.34. The summed E-state index contributed by atoms with van der Waals surface area (Å²) in [5.74, 6) is 0.990. The van der Waals surface area contributed by atoms with Crippen LogP contribution in [0.2, 0.25) is 54.4 Å². The van der Waals surface area contributed by atoms with E-state index in [0.717, 1.165) is 0 Å². The van der Waals surface area contributed by atoms with Crippen LogP contribution in [0, 0.1) is 0 Å². The molecule has 47 heavy (non-hydrogen) atoms. The van der Waals surface area contributed by atoms with Crippen molar-refractivity contribution >= 4 is 42.1 Å². The number of aromatic nitrogens is 4. The Hall–Kier alpha value is -2.14. The van der Waals surface area contributed by atoms with Gasteiger partial charge < -0.3 is 28.5 Å². The summed E-state index contributed by atoms with van der Waals surface area (Å²) in [6.45, 7) is 34.3. The molecule has 4 rings (SSSR count). The largest absolute Gasteiger partial charge is 0.437 e. The zero-order valence-electron chi connectivity index (χ0n) is 31.4. The lowest BCUT2D eigenvalue weighted by Gasteiger charge is -2.44. The molecule has 0 saturated carbocycles. The van der Waals surface area contributed by atoms with Crippen molar-refractivity contribution < 1.29 is 22.8 Å². The highest BCUT2D eigenvalue weighted by atomic mass is 28.4. The average molecular weight is 702 g/mol. The van der Waals surface area contributed by atoms with Crippen molar-refractivity contribution in [1.29, 1.82) is 0 Å². The van der Waals surface area contributed by atoms with Gasteiger partial charge in [0.2, 0.25) is 5.95 Å². The van der Waals surface area contributed by atoms with E-state index in [9.17, 15) is 0 Å². The third-order valence-electron chi connectivity index (χ3n) is 10.8. The molecule has 0 radical (unpaired) electrons. The number of rotatable bonds is 10. The van der Waals surface area contributed by atoms with Gasteiger partial charge in [0.25, 0.3) is 5.88 Å². The van der Waals surface area contributed by atoms with Crippen molar-refractivity contribution in [3.05, 3.63) is 36.7 Å². The minimum Gasteiger partial charge on any atom is -0.437 e. The molecule has 1 aromatic carbocycles. The summed E-state index contributed by atoms with van der Waals surface area (Å²) < 4.78 is 36.5. The summed E-state index contributed by atoms with van der Waals surface area (Å²) in [6, 6.07) is 9.46. The molecule has 13 heteroatoms. The molecule has 0 aliphatic carbocycles. The van der Waals surface area contributed by atoms with Gasteiger partial charge in [-0.15, -0.1) is 0 Å². The first-order valence-electron chi connectivity index (χ1n) is 16.7. The van der Waals surface area contributed by atoms with Crippen LogP contribution in [0.5, 0.6) is 11.6 Å². The molecule has 3 aromatic rings. The number of para-hydroxylation sites is 1. The van der Waals surface area contributed by atoms with Crippen LogP contribution < -0.4 is 10.5 Å². The van der Waals surface area contributed by atoms with Gasteiger partial charge in [0.05, 0.1) is 12.9 Å². The number of nitrogens with two attached hydrogens (primary N) is 1. The van der Waals surface area contributed by atoms with Crippen molar-refractivity contribution in [3.63, 3.8) is 0 Å². The fourth-order valence-corrected chi connectivity index (χ4v) is 8.26. The van der Waals surface area contributed by atoms with Gasteiger partial charge in [-0.25, -0.2) is 4.98 Å². The maximum absolute atomic E-state index is 7.32. The maximum atomic E-state index is 7.32. The lowest BCUT2D eigenvalue weighted by Crippen LogP contribution is -2.54. The molecular formula is C34H59N5O5Si3. The Morgan fingerprint density at radius 2 is 1.30 bits per heavy atom. The van der Waals surface area contributed by atoms with Crippen LogP contribution in [0.15, 0.2) is 36.7 Å². The molecule has 1 aliphatic rings. The molecule has 1 fully saturated rings. The first-order chi connectivity index (χ1) is 21.3. The van der Waals surface area contributed by atoms with Crippen molar-refractivity contribution in [2.75, 3.05) is 12.3 Å². The van der Waals surface area contributed by atoms with Crippen LogP contribution >= 0.6 is 0 Å². The topological polar surface area (TPSA) is 116 Å². The lowest BCUT2D eigenvalue weighted by molar-refractivity contribution is -0.0470. The Bertz CT molecular complexity index is 1530. The van der Waals surface area contributed by atoms with Crippen LogP contribution in [0.3, 0.4) is 0 Å². The third-order valence-corrected chi connectivity index (χ3v) is 24.3. The molecule has 0 unspecified atom stereocenters. The van der Waals surface area contributed by atoms with Gasteiger partial charge in [0.15, 0.2) is 42.3 Å². The summed E-state index contributed by atoms with van der Waals surface area (Å²) >= 11 is 0. The van der Waals surface area contributed by atoms with Crippen molar-refractivity contribution in [1.82, 2.24) is 19.5 Å². The number of anilines is 1. The van der Waals surface area contributed by atoms with Gasteiger partial charge >= 0.3 is 0 Å². The predicted octanol–water partition coefficient (Wildman–Crippen LogP) is 8.90. The van der Waals surface area contributed by atoms with Gasteiger partial charge in [-0.3, -0.25) is 4.57 Å². The zero-order valence-corrected chi connectivity index (χ0v) is 34.4. The number of imidazole rings is 1. The second-order valence-corrected chi connectivity index (χ2v) is 31.8. The van der Waals surface area contributed by atoms with Crippen molar-refractivity contribution in [3.8, 4) is 11.6 Å². The predicted molar refractivity (Wildman–Crippen MR) is 197 cm³/mol.